The molecule has 0 amide bonds. The predicted octanol–water partition coefficient (Wildman–Crippen LogP) is 1.29. The molecule has 6 nitrogen and oxygen atoms in total. The Labute approximate surface area is 116 Å². The zero-order valence-electron chi connectivity index (χ0n) is 11.3. The Bertz CT molecular complexity index is 636. The first-order valence-electron chi connectivity index (χ1n) is 6.71. The maximum Gasteiger partial charge on any atom is 0.375 e. The number of benzene rings is 1. The van der Waals surface area contributed by atoms with Crippen LogP contribution in [0.5, 0.6) is 0 Å². The van der Waals surface area contributed by atoms with Gasteiger partial charge in [0.1, 0.15) is 0 Å². The Hall–Kier alpha value is -2.21. The second-order valence-corrected chi connectivity index (χ2v) is 4.60. The first kappa shape index (κ1) is 12.8. The van der Waals surface area contributed by atoms with E-state index in [2.05, 4.69) is 26.6 Å². The number of carbonyl (C=O) groups is 1. The van der Waals surface area contributed by atoms with Gasteiger partial charge in [-0.2, -0.15) is 5.10 Å². The summed E-state index contributed by atoms with van der Waals surface area (Å²) in [5.41, 5.74) is 3.49. The van der Waals surface area contributed by atoms with Gasteiger partial charge in [0.25, 0.3) is 0 Å². The van der Waals surface area contributed by atoms with Crippen molar-refractivity contribution in [2.24, 2.45) is 0 Å². The molecule has 1 aromatic carbocycles. The number of H-pyrrole nitrogens is 1. The van der Waals surface area contributed by atoms with Gasteiger partial charge in [0, 0.05) is 12.1 Å². The van der Waals surface area contributed by atoms with Crippen molar-refractivity contribution in [3.8, 4) is 11.4 Å². The van der Waals surface area contributed by atoms with Gasteiger partial charge in [-0.05, 0) is 31.0 Å². The second kappa shape index (κ2) is 5.42. The van der Waals surface area contributed by atoms with Crippen molar-refractivity contribution in [1.29, 1.82) is 0 Å². The lowest BCUT2D eigenvalue weighted by Gasteiger charge is -2.18. The Morgan fingerprint density at radius 2 is 2.35 bits per heavy atom. The third-order valence-electron chi connectivity index (χ3n) is 3.34. The van der Waals surface area contributed by atoms with Crippen LogP contribution in [0.4, 0.5) is 0 Å². The quantitative estimate of drug-likeness (QED) is 0.823. The highest BCUT2D eigenvalue weighted by Gasteiger charge is 2.18. The monoisotopic (exact) mass is 272 g/mol. The van der Waals surface area contributed by atoms with E-state index in [0.29, 0.717) is 12.4 Å². The maximum atomic E-state index is 11.6. The second-order valence-electron chi connectivity index (χ2n) is 4.60. The lowest BCUT2D eigenvalue weighted by atomic mass is 9.95. The molecule has 0 spiro atoms. The van der Waals surface area contributed by atoms with E-state index in [-0.39, 0.29) is 5.82 Å². The van der Waals surface area contributed by atoms with Crippen molar-refractivity contribution < 1.29 is 9.53 Å². The van der Waals surface area contributed by atoms with E-state index in [1.165, 1.54) is 11.1 Å². The first-order valence-corrected chi connectivity index (χ1v) is 6.71. The summed E-state index contributed by atoms with van der Waals surface area (Å²) in [6.45, 7) is 3.88. The molecule has 0 saturated heterocycles. The predicted molar refractivity (Wildman–Crippen MR) is 73.2 cm³/mol. The number of aromatic amines is 1. The fraction of sp³-hybridized carbons (Fsp3) is 0.357. The molecule has 1 aliphatic rings. The molecule has 0 atom stereocenters. The minimum atomic E-state index is -0.474. The number of carbonyl (C=O) groups excluding carboxylic acids is 1. The molecular formula is C14H16N4O2. The van der Waals surface area contributed by atoms with Crippen LogP contribution >= 0.6 is 0 Å². The topological polar surface area (TPSA) is 79.9 Å². The van der Waals surface area contributed by atoms with Gasteiger partial charge in [0.15, 0.2) is 5.82 Å². The molecule has 0 fully saturated rings. The fourth-order valence-corrected chi connectivity index (χ4v) is 2.41. The van der Waals surface area contributed by atoms with Gasteiger partial charge in [-0.25, -0.2) is 9.78 Å². The summed E-state index contributed by atoms with van der Waals surface area (Å²) >= 11 is 0. The Kier molecular flexibility index (Phi) is 3.47. The molecule has 2 heterocycles. The van der Waals surface area contributed by atoms with Crippen LogP contribution in [0.3, 0.4) is 0 Å². The summed E-state index contributed by atoms with van der Waals surface area (Å²) in [5, 5.41) is 10.1. The van der Waals surface area contributed by atoms with Crippen molar-refractivity contribution in [1.82, 2.24) is 20.5 Å². The van der Waals surface area contributed by atoms with E-state index < -0.39 is 5.97 Å². The van der Waals surface area contributed by atoms with Crippen LogP contribution < -0.4 is 5.32 Å². The number of ether oxygens (including phenoxy) is 1. The van der Waals surface area contributed by atoms with E-state index >= 15 is 0 Å². The Morgan fingerprint density at radius 1 is 1.45 bits per heavy atom. The minimum absolute atomic E-state index is 0.147. The molecule has 3 rings (SSSR count). The molecule has 1 aliphatic heterocycles. The molecule has 104 valence electrons. The van der Waals surface area contributed by atoms with Gasteiger partial charge >= 0.3 is 5.97 Å². The molecule has 6 heteroatoms. The van der Waals surface area contributed by atoms with Crippen molar-refractivity contribution in [2.45, 2.75) is 19.9 Å². The van der Waals surface area contributed by atoms with Crippen molar-refractivity contribution in [3.05, 3.63) is 35.2 Å². The average molecular weight is 272 g/mol. The average Bonchev–Trinajstić information content (AvgIpc) is 2.97. The van der Waals surface area contributed by atoms with E-state index in [1.807, 2.05) is 12.1 Å². The molecule has 0 radical (unpaired) electrons. The number of nitrogens with one attached hydrogen (secondary N) is 2. The Morgan fingerprint density at radius 3 is 3.20 bits per heavy atom. The number of rotatable bonds is 3. The highest BCUT2D eigenvalue weighted by Crippen LogP contribution is 2.25. The summed E-state index contributed by atoms with van der Waals surface area (Å²) in [5.74, 6) is 0.220. The lowest BCUT2D eigenvalue weighted by Crippen LogP contribution is -2.24. The van der Waals surface area contributed by atoms with Gasteiger partial charge in [-0.1, -0.05) is 18.2 Å². The van der Waals surface area contributed by atoms with Crippen LogP contribution in [0.2, 0.25) is 0 Å². The lowest BCUT2D eigenvalue weighted by molar-refractivity contribution is 0.0512. The molecule has 0 bridgehead atoms. The van der Waals surface area contributed by atoms with Crippen molar-refractivity contribution in [2.75, 3.05) is 13.2 Å². The molecule has 1 aromatic heterocycles. The van der Waals surface area contributed by atoms with Crippen LogP contribution in [0.25, 0.3) is 11.4 Å². The van der Waals surface area contributed by atoms with E-state index in [0.717, 1.165) is 25.1 Å². The fourth-order valence-electron chi connectivity index (χ4n) is 2.41. The van der Waals surface area contributed by atoms with Gasteiger partial charge in [-0.3, -0.25) is 5.10 Å². The number of hydrogen-bond donors (Lipinski definition) is 2. The van der Waals surface area contributed by atoms with Crippen molar-refractivity contribution in [3.63, 3.8) is 0 Å². The number of esters is 1. The third-order valence-corrected chi connectivity index (χ3v) is 3.34. The maximum absolute atomic E-state index is 11.6. The molecule has 0 unspecified atom stereocenters. The molecule has 20 heavy (non-hydrogen) atoms. The van der Waals surface area contributed by atoms with E-state index in [4.69, 9.17) is 4.74 Å². The summed E-state index contributed by atoms with van der Waals surface area (Å²) in [6, 6.07) is 6.08. The van der Waals surface area contributed by atoms with E-state index in [1.54, 1.807) is 6.92 Å². The van der Waals surface area contributed by atoms with Crippen LogP contribution in [0.15, 0.2) is 18.2 Å². The van der Waals surface area contributed by atoms with Crippen molar-refractivity contribution >= 4 is 5.97 Å². The zero-order valence-corrected chi connectivity index (χ0v) is 11.3. The summed E-state index contributed by atoms with van der Waals surface area (Å²) in [7, 11) is 0. The summed E-state index contributed by atoms with van der Waals surface area (Å²) in [4.78, 5) is 15.9. The minimum Gasteiger partial charge on any atom is -0.460 e. The van der Waals surface area contributed by atoms with Gasteiger partial charge in [-0.15, -0.1) is 0 Å². The molecule has 2 aromatic rings. The van der Waals surface area contributed by atoms with Crippen LogP contribution in [-0.2, 0) is 17.7 Å². The SMILES string of the molecule is CCOC(=O)c1nc(-c2cccc3c2CCNC3)n[nH]1. The highest BCUT2D eigenvalue weighted by molar-refractivity contribution is 5.85. The van der Waals surface area contributed by atoms with Crippen LogP contribution in [0, 0.1) is 0 Å². The van der Waals surface area contributed by atoms with Gasteiger partial charge in [0.2, 0.25) is 5.82 Å². The largest absolute Gasteiger partial charge is 0.460 e. The van der Waals surface area contributed by atoms with E-state index in [9.17, 15) is 4.79 Å². The first-order chi connectivity index (χ1) is 9.79. The van der Waals surface area contributed by atoms with Gasteiger partial charge in [0.05, 0.1) is 6.61 Å². The third kappa shape index (κ3) is 2.30. The zero-order chi connectivity index (χ0) is 13.9. The Balaban J connectivity index is 1.96. The number of hydrogen-bond acceptors (Lipinski definition) is 5. The number of nitrogens with zero attached hydrogens (tertiary/aromatic N) is 2. The standard InChI is InChI=1S/C14H16N4O2/c1-2-20-14(19)13-16-12(17-18-13)11-5-3-4-9-8-15-7-6-10(9)11/h3-5,15H,2,6-8H2,1H3,(H,16,17,18). The highest BCUT2D eigenvalue weighted by atomic mass is 16.5. The van der Waals surface area contributed by atoms with Crippen LogP contribution in [0.1, 0.15) is 28.7 Å². The van der Waals surface area contributed by atoms with Gasteiger partial charge < -0.3 is 10.1 Å². The number of aromatic nitrogens is 3. The summed E-state index contributed by atoms with van der Waals surface area (Å²) < 4.78 is 4.91. The normalized spacial score (nSPS) is 13.8. The molecule has 0 saturated carbocycles. The molecule has 2 N–H and O–H groups in total. The smallest absolute Gasteiger partial charge is 0.375 e. The number of fused-ring (bicyclic) bond motifs is 1. The summed E-state index contributed by atoms with van der Waals surface area (Å²) in [6.07, 6.45) is 0.939. The molecular weight excluding hydrogens is 256 g/mol. The molecule has 0 aliphatic carbocycles. The van der Waals surface area contributed by atoms with Crippen LogP contribution in [-0.4, -0.2) is 34.3 Å².